The molecule has 36 heavy (non-hydrogen) atoms. The predicted molar refractivity (Wildman–Crippen MR) is 135 cm³/mol. The molecule has 0 saturated carbocycles. The van der Waals surface area contributed by atoms with Crippen LogP contribution in [-0.2, 0) is 4.74 Å². The van der Waals surface area contributed by atoms with E-state index in [2.05, 4.69) is 9.88 Å². The molecule has 0 radical (unpaired) electrons. The summed E-state index contributed by atoms with van der Waals surface area (Å²) >= 11 is 0. The third kappa shape index (κ3) is 4.51. The summed E-state index contributed by atoms with van der Waals surface area (Å²) in [6.45, 7) is 2.74. The van der Waals surface area contributed by atoms with E-state index in [-0.39, 0.29) is 17.0 Å². The number of nitro groups is 1. The van der Waals surface area contributed by atoms with Crippen molar-refractivity contribution in [2.45, 2.75) is 0 Å². The van der Waals surface area contributed by atoms with E-state index in [0.717, 1.165) is 24.2 Å². The lowest BCUT2D eigenvalue weighted by Crippen LogP contribution is -2.36. The molecule has 9 heteroatoms. The first kappa shape index (κ1) is 23.1. The van der Waals surface area contributed by atoms with Crippen LogP contribution in [-0.4, -0.2) is 52.5 Å². The number of benzene rings is 2. The number of ketones is 1. The molecule has 0 unspecified atom stereocenters. The molecule has 0 spiro atoms. The third-order valence-electron chi connectivity index (χ3n) is 6.12. The molecule has 1 aliphatic heterocycles. The van der Waals surface area contributed by atoms with Crippen LogP contribution in [0.5, 0.6) is 0 Å². The average Bonchev–Trinajstić information content (AvgIpc) is 3.30. The van der Waals surface area contributed by atoms with Gasteiger partial charge < -0.3 is 9.64 Å². The fraction of sp³-hybridized carbons (Fsp3) is 0.148. The molecule has 0 atom stereocenters. The summed E-state index contributed by atoms with van der Waals surface area (Å²) in [4.78, 5) is 43.2. The van der Waals surface area contributed by atoms with Crippen molar-refractivity contribution in [3.8, 4) is 0 Å². The molecular formula is C27H22N4O5. The van der Waals surface area contributed by atoms with Gasteiger partial charge in [0.15, 0.2) is 5.78 Å². The Morgan fingerprint density at radius 1 is 1.03 bits per heavy atom. The molecule has 0 amide bonds. The number of fused-ring (bicyclic) bond motifs is 1. The van der Waals surface area contributed by atoms with Crippen LogP contribution in [0, 0.1) is 10.1 Å². The molecule has 1 aliphatic rings. The largest absolute Gasteiger partial charge is 0.378 e. The van der Waals surface area contributed by atoms with Crippen LogP contribution < -0.4 is 4.90 Å². The van der Waals surface area contributed by atoms with Crippen LogP contribution in [0.15, 0.2) is 79.3 Å². The van der Waals surface area contributed by atoms with Gasteiger partial charge in [-0.15, -0.1) is 0 Å². The summed E-state index contributed by atoms with van der Waals surface area (Å²) in [6.07, 6.45) is 7.83. The van der Waals surface area contributed by atoms with E-state index < -0.39 is 10.8 Å². The minimum Gasteiger partial charge on any atom is -0.378 e. The van der Waals surface area contributed by atoms with Gasteiger partial charge in [0.1, 0.15) is 5.56 Å². The van der Waals surface area contributed by atoms with Crippen LogP contribution in [0.25, 0.3) is 17.0 Å². The highest BCUT2D eigenvalue weighted by molar-refractivity contribution is 6.10. The SMILES string of the molecule is O=C(/C=C/c1cn(C(=O)c2ccccc2[N+](=O)[O-])c2ccc(N3CCOCC3)cc12)c1ccncc1. The number of hydrogen-bond donors (Lipinski definition) is 0. The zero-order valence-electron chi connectivity index (χ0n) is 19.2. The fourth-order valence-corrected chi connectivity index (χ4v) is 4.28. The molecule has 0 aliphatic carbocycles. The second-order valence-electron chi connectivity index (χ2n) is 8.27. The van der Waals surface area contributed by atoms with Crippen LogP contribution in [0.1, 0.15) is 26.3 Å². The van der Waals surface area contributed by atoms with Gasteiger partial charge in [0.05, 0.1) is 23.7 Å². The van der Waals surface area contributed by atoms with Crippen molar-refractivity contribution < 1.29 is 19.2 Å². The molecule has 0 N–H and O–H groups in total. The fourth-order valence-electron chi connectivity index (χ4n) is 4.28. The Balaban J connectivity index is 1.60. The standard InChI is InChI=1S/C27H22N4O5/c32-26(19-9-11-28-12-10-19)8-5-20-18-30(27(33)22-3-1-2-4-25(22)31(34)35)24-7-6-21(17-23(20)24)29-13-15-36-16-14-29/h1-12,17-18H,13-16H2/b8-5+. The van der Waals surface area contributed by atoms with Crippen molar-refractivity contribution >= 4 is 40.0 Å². The molecule has 180 valence electrons. The molecule has 2 aromatic carbocycles. The topological polar surface area (TPSA) is 108 Å². The maximum absolute atomic E-state index is 13.5. The van der Waals surface area contributed by atoms with Gasteiger partial charge >= 0.3 is 0 Å². The van der Waals surface area contributed by atoms with Crippen LogP contribution in [0.2, 0.25) is 0 Å². The lowest BCUT2D eigenvalue weighted by Gasteiger charge is -2.29. The van der Waals surface area contributed by atoms with Gasteiger partial charge in [-0.25, -0.2) is 0 Å². The smallest absolute Gasteiger partial charge is 0.282 e. The Kier molecular flexibility index (Phi) is 6.38. The lowest BCUT2D eigenvalue weighted by atomic mass is 10.1. The van der Waals surface area contributed by atoms with Crippen molar-refractivity contribution in [2.75, 3.05) is 31.2 Å². The number of pyridine rings is 1. The molecule has 3 heterocycles. The second-order valence-corrected chi connectivity index (χ2v) is 8.27. The minimum atomic E-state index is -0.566. The van der Waals surface area contributed by atoms with Gasteiger partial charge in [-0.2, -0.15) is 0 Å². The number of carbonyl (C=O) groups is 2. The summed E-state index contributed by atoms with van der Waals surface area (Å²) < 4.78 is 6.86. The van der Waals surface area contributed by atoms with Gasteiger partial charge in [0.25, 0.3) is 11.6 Å². The molecule has 1 saturated heterocycles. The number of anilines is 1. The maximum atomic E-state index is 13.5. The Morgan fingerprint density at radius 2 is 1.78 bits per heavy atom. The van der Waals surface area contributed by atoms with E-state index >= 15 is 0 Å². The van der Waals surface area contributed by atoms with E-state index in [4.69, 9.17) is 4.74 Å². The van der Waals surface area contributed by atoms with E-state index in [1.807, 2.05) is 18.2 Å². The van der Waals surface area contributed by atoms with E-state index in [9.17, 15) is 19.7 Å². The number of aromatic nitrogens is 2. The summed E-state index contributed by atoms with van der Waals surface area (Å²) in [7, 11) is 0. The van der Waals surface area contributed by atoms with E-state index in [1.54, 1.807) is 42.9 Å². The Labute approximate surface area is 206 Å². The van der Waals surface area contributed by atoms with Crippen LogP contribution >= 0.6 is 0 Å². The van der Waals surface area contributed by atoms with E-state index in [1.165, 1.54) is 28.8 Å². The summed E-state index contributed by atoms with van der Waals surface area (Å²) in [5.74, 6) is -0.723. The number of morpholine rings is 1. The number of ether oxygens (including phenoxy) is 1. The molecular weight excluding hydrogens is 460 g/mol. The van der Waals surface area contributed by atoms with Gasteiger partial charge in [-0.05, 0) is 48.6 Å². The van der Waals surface area contributed by atoms with E-state index in [0.29, 0.717) is 29.9 Å². The highest BCUT2D eigenvalue weighted by atomic mass is 16.6. The highest BCUT2D eigenvalue weighted by Crippen LogP contribution is 2.30. The number of carbonyl (C=O) groups excluding carboxylic acids is 2. The first-order valence-corrected chi connectivity index (χ1v) is 11.4. The zero-order chi connectivity index (χ0) is 25.1. The van der Waals surface area contributed by atoms with Gasteiger partial charge in [-0.3, -0.25) is 29.3 Å². The van der Waals surface area contributed by atoms with Crippen LogP contribution in [0.3, 0.4) is 0 Å². The number of para-hydroxylation sites is 1. The predicted octanol–water partition coefficient (Wildman–Crippen LogP) is 4.37. The highest BCUT2D eigenvalue weighted by Gasteiger charge is 2.23. The molecule has 0 bridgehead atoms. The lowest BCUT2D eigenvalue weighted by molar-refractivity contribution is -0.385. The van der Waals surface area contributed by atoms with Crippen LogP contribution in [0.4, 0.5) is 11.4 Å². The first-order chi connectivity index (χ1) is 17.5. The first-order valence-electron chi connectivity index (χ1n) is 11.4. The molecule has 4 aromatic rings. The Hall–Kier alpha value is -4.63. The second kappa shape index (κ2) is 9.93. The Bertz CT molecular complexity index is 1490. The Morgan fingerprint density at radius 3 is 2.53 bits per heavy atom. The monoisotopic (exact) mass is 482 g/mol. The van der Waals surface area contributed by atoms with Gasteiger partial charge in [0.2, 0.25) is 0 Å². The molecule has 2 aromatic heterocycles. The van der Waals surface area contributed by atoms with Crippen molar-refractivity contribution in [1.82, 2.24) is 9.55 Å². The third-order valence-corrected chi connectivity index (χ3v) is 6.12. The zero-order valence-corrected chi connectivity index (χ0v) is 19.2. The number of hydrogen-bond acceptors (Lipinski definition) is 7. The number of rotatable bonds is 6. The molecule has 9 nitrogen and oxygen atoms in total. The van der Waals surface area contributed by atoms with Gasteiger partial charge in [-0.1, -0.05) is 12.1 Å². The molecule has 5 rings (SSSR count). The molecule has 1 fully saturated rings. The maximum Gasteiger partial charge on any atom is 0.282 e. The average molecular weight is 482 g/mol. The summed E-state index contributed by atoms with van der Waals surface area (Å²) in [5.41, 5.74) is 2.42. The van der Waals surface area contributed by atoms with Crippen molar-refractivity contribution in [3.63, 3.8) is 0 Å². The van der Waals surface area contributed by atoms with Gasteiger partial charge in [0, 0.05) is 59.9 Å². The number of allylic oxidation sites excluding steroid dienone is 1. The summed E-state index contributed by atoms with van der Waals surface area (Å²) in [5, 5.41) is 12.3. The van der Waals surface area contributed by atoms with Crippen molar-refractivity contribution in [2.24, 2.45) is 0 Å². The van der Waals surface area contributed by atoms with Crippen molar-refractivity contribution in [1.29, 1.82) is 0 Å². The minimum absolute atomic E-state index is 0.0138. The van der Waals surface area contributed by atoms with Crippen molar-refractivity contribution in [3.05, 3.63) is 106 Å². The summed E-state index contributed by atoms with van der Waals surface area (Å²) in [6, 6.07) is 14.9. The quantitative estimate of drug-likeness (QED) is 0.174. The normalized spacial score (nSPS) is 13.8. The number of nitro benzene ring substituents is 1. The number of nitrogens with zero attached hydrogens (tertiary/aromatic N) is 4.